The second-order valence-electron chi connectivity index (χ2n) is 5.31. The average molecular weight is 301 g/mol. The number of aliphatic carboxylic acids is 1. The standard InChI is InChI=1S/C16H19N3O3/c1-10-8-11(2)19(18-10)9-15(20)17-14-6-4-13(5-7-14)12(3)16(21)22/h4-8,12H,9H2,1-3H3,(H,17,20)(H,21,22)/t12-/m1/s1. The Morgan fingerprint density at radius 1 is 1.27 bits per heavy atom. The van der Waals surface area contributed by atoms with Gasteiger partial charge in [0, 0.05) is 11.4 Å². The van der Waals surface area contributed by atoms with Gasteiger partial charge >= 0.3 is 5.97 Å². The van der Waals surface area contributed by atoms with Gasteiger partial charge in [0.1, 0.15) is 6.54 Å². The van der Waals surface area contributed by atoms with Gasteiger partial charge in [-0.15, -0.1) is 0 Å². The maximum Gasteiger partial charge on any atom is 0.310 e. The second-order valence-corrected chi connectivity index (χ2v) is 5.31. The lowest BCUT2D eigenvalue weighted by molar-refractivity contribution is -0.138. The molecule has 2 N–H and O–H groups in total. The van der Waals surface area contributed by atoms with Crippen LogP contribution in [0.4, 0.5) is 5.69 Å². The zero-order valence-corrected chi connectivity index (χ0v) is 12.8. The lowest BCUT2D eigenvalue weighted by Gasteiger charge is -2.09. The third-order valence-corrected chi connectivity index (χ3v) is 3.46. The summed E-state index contributed by atoms with van der Waals surface area (Å²) >= 11 is 0. The number of rotatable bonds is 5. The molecule has 0 radical (unpaired) electrons. The molecule has 116 valence electrons. The molecule has 22 heavy (non-hydrogen) atoms. The van der Waals surface area contributed by atoms with Crippen molar-refractivity contribution < 1.29 is 14.7 Å². The highest BCUT2D eigenvalue weighted by Gasteiger charge is 2.13. The van der Waals surface area contributed by atoms with Crippen LogP contribution >= 0.6 is 0 Å². The number of nitrogens with one attached hydrogen (secondary N) is 1. The van der Waals surface area contributed by atoms with Gasteiger partial charge in [-0.1, -0.05) is 12.1 Å². The number of hydrogen-bond donors (Lipinski definition) is 2. The molecule has 0 unspecified atom stereocenters. The Morgan fingerprint density at radius 2 is 1.91 bits per heavy atom. The largest absolute Gasteiger partial charge is 0.481 e. The van der Waals surface area contributed by atoms with E-state index in [0.717, 1.165) is 11.4 Å². The number of amides is 1. The number of aromatic nitrogens is 2. The first-order chi connectivity index (χ1) is 10.4. The van der Waals surface area contributed by atoms with Crippen molar-refractivity contribution in [3.8, 4) is 0 Å². The van der Waals surface area contributed by atoms with Crippen molar-refractivity contribution in [2.45, 2.75) is 33.2 Å². The maximum atomic E-state index is 12.0. The minimum atomic E-state index is -0.874. The second kappa shape index (κ2) is 6.43. The van der Waals surface area contributed by atoms with Crippen LogP contribution in [0.15, 0.2) is 30.3 Å². The third-order valence-electron chi connectivity index (χ3n) is 3.46. The van der Waals surface area contributed by atoms with Gasteiger partial charge in [-0.25, -0.2) is 0 Å². The average Bonchev–Trinajstić information content (AvgIpc) is 2.76. The molecule has 1 aromatic heterocycles. The van der Waals surface area contributed by atoms with Crippen LogP contribution in [0.3, 0.4) is 0 Å². The van der Waals surface area contributed by atoms with Crippen LogP contribution in [0.1, 0.15) is 29.8 Å². The smallest absolute Gasteiger partial charge is 0.310 e. The SMILES string of the molecule is Cc1cc(C)n(CC(=O)Nc2ccc([C@@H](C)C(=O)O)cc2)n1. The molecule has 0 bridgehead atoms. The Labute approximate surface area is 128 Å². The summed E-state index contributed by atoms with van der Waals surface area (Å²) in [5, 5.41) is 16.0. The highest BCUT2D eigenvalue weighted by molar-refractivity contribution is 5.90. The lowest BCUT2D eigenvalue weighted by Crippen LogP contribution is -2.20. The molecule has 0 aliphatic heterocycles. The molecule has 1 aromatic carbocycles. The van der Waals surface area contributed by atoms with E-state index in [1.165, 1.54) is 0 Å². The van der Waals surface area contributed by atoms with E-state index in [2.05, 4.69) is 10.4 Å². The van der Waals surface area contributed by atoms with E-state index in [1.807, 2.05) is 19.9 Å². The van der Waals surface area contributed by atoms with Crippen LogP contribution in [0.5, 0.6) is 0 Å². The molecule has 6 heteroatoms. The Hall–Kier alpha value is -2.63. The predicted molar refractivity (Wildman–Crippen MR) is 82.8 cm³/mol. The van der Waals surface area contributed by atoms with Gasteiger partial charge in [-0.3, -0.25) is 14.3 Å². The number of benzene rings is 1. The summed E-state index contributed by atoms with van der Waals surface area (Å²) < 4.78 is 1.64. The first-order valence-corrected chi connectivity index (χ1v) is 7.00. The van der Waals surface area contributed by atoms with E-state index in [9.17, 15) is 9.59 Å². The van der Waals surface area contributed by atoms with E-state index in [-0.39, 0.29) is 12.5 Å². The van der Waals surface area contributed by atoms with Gasteiger partial charge in [0.15, 0.2) is 0 Å². The molecule has 2 aromatic rings. The number of hydrogen-bond acceptors (Lipinski definition) is 3. The lowest BCUT2D eigenvalue weighted by atomic mass is 10.0. The number of aryl methyl sites for hydroxylation is 2. The molecular weight excluding hydrogens is 282 g/mol. The van der Waals surface area contributed by atoms with Crippen molar-refractivity contribution in [2.24, 2.45) is 0 Å². The summed E-state index contributed by atoms with van der Waals surface area (Å²) in [5.41, 5.74) is 3.13. The summed E-state index contributed by atoms with van der Waals surface area (Å²) in [4.78, 5) is 22.9. The molecular formula is C16H19N3O3. The van der Waals surface area contributed by atoms with Crippen LogP contribution < -0.4 is 5.32 Å². The molecule has 0 aliphatic rings. The minimum absolute atomic E-state index is 0.146. The molecule has 0 saturated heterocycles. The summed E-state index contributed by atoms with van der Waals surface area (Å²) in [6.07, 6.45) is 0. The number of carboxylic acids is 1. The van der Waals surface area contributed by atoms with E-state index in [1.54, 1.807) is 35.9 Å². The van der Waals surface area contributed by atoms with Crippen molar-refractivity contribution in [3.05, 3.63) is 47.3 Å². The van der Waals surface area contributed by atoms with Gasteiger partial charge in [0.2, 0.25) is 5.91 Å². The van der Waals surface area contributed by atoms with E-state index < -0.39 is 11.9 Å². The first kappa shape index (κ1) is 15.8. The van der Waals surface area contributed by atoms with Gasteiger partial charge in [-0.2, -0.15) is 5.10 Å². The van der Waals surface area contributed by atoms with Crippen molar-refractivity contribution in [3.63, 3.8) is 0 Å². The zero-order chi connectivity index (χ0) is 16.3. The fraction of sp³-hybridized carbons (Fsp3) is 0.312. The molecule has 0 aliphatic carbocycles. The van der Waals surface area contributed by atoms with Crippen molar-refractivity contribution in [1.29, 1.82) is 0 Å². The minimum Gasteiger partial charge on any atom is -0.481 e. The van der Waals surface area contributed by atoms with Crippen molar-refractivity contribution in [2.75, 3.05) is 5.32 Å². The monoisotopic (exact) mass is 301 g/mol. The summed E-state index contributed by atoms with van der Waals surface area (Å²) in [6.45, 7) is 5.55. The zero-order valence-electron chi connectivity index (χ0n) is 12.8. The highest BCUT2D eigenvalue weighted by atomic mass is 16.4. The fourth-order valence-corrected chi connectivity index (χ4v) is 2.17. The number of carbonyl (C=O) groups excluding carboxylic acids is 1. The van der Waals surface area contributed by atoms with E-state index in [0.29, 0.717) is 11.3 Å². The Bertz CT molecular complexity index is 689. The molecule has 1 amide bonds. The summed E-state index contributed by atoms with van der Waals surface area (Å²) in [7, 11) is 0. The maximum absolute atomic E-state index is 12.0. The van der Waals surface area contributed by atoms with Gasteiger partial charge in [0.25, 0.3) is 0 Å². The Morgan fingerprint density at radius 3 is 2.41 bits per heavy atom. The van der Waals surface area contributed by atoms with Crippen LogP contribution in [-0.4, -0.2) is 26.8 Å². The molecule has 1 heterocycles. The molecule has 6 nitrogen and oxygen atoms in total. The van der Waals surface area contributed by atoms with Gasteiger partial charge in [0.05, 0.1) is 11.6 Å². The highest BCUT2D eigenvalue weighted by Crippen LogP contribution is 2.18. The summed E-state index contributed by atoms with van der Waals surface area (Å²) in [6, 6.07) is 8.73. The quantitative estimate of drug-likeness (QED) is 0.887. The molecule has 0 saturated carbocycles. The van der Waals surface area contributed by atoms with Crippen LogP contribution in [0.2, 0.25) is 0 Å². The number of carbonyl (C=O) groups is 2. The number of carboxylic acid groups (broad SMARTS) is 1. The topological polar surface area (TPSA) is 84.2 Å². The molecule has 1 atom stereocenters. The van der Waals surface area contributed by atoms with E-state index >= 15 is 0 Å². The molecule has 2 rings (SSSR count). The van der Waals surface area contributed by atoms with Crippen LogP contribution in [0.25, 0.3) is 0 Å². The van der Waals surface area contributed by atoms with Crippen molar-refractivity contribution >= 4 is 17.6 Å². The molecule has 0 spiro atoms. The first-order valence-electron chi connectivity index (χ1n) is 7.00. The van der Waals surface area contributed by atoms with Gasteiger partial charge < -0.3 is 10.4 Å². The van der Waals surface area contributed by atoms with Crippen LogP contribution in [0, 0.1) is 13.8 Å². The summed E-state index contributed by atoms with van der Waals surface area (Å²) in [5.74, 6) is -1.62. The number of nitrogens with zero attached hydrogens (tertiary/aromatic N) is 2. The van der Waals surface area contributed by atoms with Crippen LogP contribution in [-0.2, 0) is 16.1 Å². The molecule has 0 fully saturated rings. The van der Waals surface area contributed by atoms with Crippen molar-refractivity contribution in [1.82, 2.24) is 9.78 Å². The third kappa shape index (κ3) is 3.72. The number of anilines is 1. The Kier molecular flexibility index (Phi) is 4.60. The normalized spacial score (nSPS) is 12.0. The predicted octanol–water partition coefficient (Wildman–Crippen LogP) is 2.33. The fourth-order valence-electron chi connectivity index (χ4n) is 2.17. The van der Waals surface area contributed by atoms with Gasteiger partial charge in [-0.05, 0) is 44.5 Å². The van der Waals surface area contributed by atoms with E-state index in [4.69, 9.17) is 5.11 Å². The Balaban J connectivity index is 2.00.